The van der Waals surface area contributed by atoms with Gasteiger partial charge in [0.15, 0.2) is 11.5 Å². The highest BCUT2D eigenvalue weighted by atomic mass is 16.5. The van der Waals surface area contributed by atoms with Crippen LogP contribution in [0.5, 0.6) is 11.5 Å². The third-order valence-electron chi connectivity index (χ3n) is 6.33. The monoisotopic (exact) mass is 460 g/mol. The van der Waals surface area contributed by atoms with E-state index in [1.165, 1.54) is 12.8 Å². The van der Waals surface area contributed by atoms with Gasteiger partial charge in [0.05, 0.1) is 25.8 Å². The van der Waals surface area contributed by atoms with E-state index in [0.717, 1.165) is 35.3 Å². The minimum absolute atomic E-state index is 0.121. The molecule has 6 heteroatoms. The normalized spacial score (nSPS) is 14.6. The summed E-state index contributed by atoms with van der Waals surface area (Å²) in [5.74, 6) is 0.964. The Bertz CT molecular complexity index is 1210. The van der Waals surface area contributed by atoms with Gasteiger partial charge in [-0.15, -0.1) is 0 Å². The molecular weight excluding hydrogens is 428 g/mol. The second kappa shape index (κ2) is 10.6. The smallest absolute Gasteiger partial charge is 0.263 e. The van der Waals surface area contributed by atoms with Crippen molar-refractivity contribution in [2.24, 2.45) is 0 Å². The van der Waals surface area contributed by atoms with E-state index in [4.69, 9.17) is 9.47 Å². The van der Waals surface area contributed by atoms with Gasteiger partial charge in [-0.25, -0.2) is 0 Å². The summed E-state index contributed by atoms with van der Waals surface area (Å²) in [7, 11) is 1.62. The van der Waals surface area contributed by atoms with Crippen LogP contribution in [0.4, 0.5) is 0 Å². The fourth-order valence-electron chi connectivity index (χ4n) is 4.44. The lowest BCUT2D eigenvalue weighted by molar-refractivity contribution is 0.0937. The van der Waals surface area contributed by atoms with E-state index in [-0.39, 0.29) is 23.3 Å². The lowest BCUT2D eigenvalue weighted by Gasteiger charge is -2.19. The van der Waals surface area contributed by atoms with Crippen LogP contribution in [0.15, 0.2) is 65.6 Å². The molecule has 0 aliphatic heterocycles. The lowest BCUT2D eigenvalue weighted by atomic mass is 10.1. The van der Waals surface area contributed by atoms with Crippen molar-refractivity contribution in [3.63, 3.8) is 0 Å². The standard InChI is InChI=1S/C28H32N2O4/c1-19-8-6-9-21(16-19)18-30-15-7-12-24(28(30)32)27(31)29-20(2)22-13-14-25(26(17-22)33-3)34-23-10-4-5-11-23/h6-9,12-17,20,23H,4-5,10-11,18H2,1-3H3,(H,29,31). The number of methoxy groups -OCH3 is 1. The maximum absolute atomic E-state index is 13.0. The molecule has 1 saturated carbocycles. The van der Waals surface area contributed by atoms with Crippen molar-refractivity contribution in [1.29, 1.82) is 0 Å². The van der Waals surface area contributed by atoms with Crippen molar-refractivity contribution in [2.45, 2.75) is 58.2 Å². The molecule has 4 rings (SSSR count). The number of nitrogens with zero attached hydrogens (tertiary/aromatic N) is 1. The Balaban J connectivity index is 1.47. The predicted octanol–water partition coefficient (Wildman–Crippen LogP) is 5.03. The summed E-state index contributed by atoms with van der Waals surface area (Å²) in [4.78, 5) is 26.0. The van der Waals surface area contributed by atoms with E-state index in [1.807, 2.05) is 56.3 Å². The Morgan fingerprint density at radius 1 is 1.09 bits per heavy atom. The number of pyridine rings is 1. The minimum atomic E-state index is -0.402. The molecule has 1 heterocycles. The first kappa shape index (κ1) is 23.6. The molecular formula is C28H32N2O4. The number of carbonyl (C=O) groups is 1. The molecule has 1 amide bonds. The molecule has 0 saturated heterocycles. The van der Waals surface area contributed by atoms with Gasteiger partial charge in [0.1, 0.15) is 5.56 Å². The number of rotatable bonds is 8. The molecule has 1 unspecified atom stereocenters. The number of hydrogen-bond donors (Lipinski definition) is 1. The molecule has 1 aliphatic rings. The Kier molecular flexibility index (Phi) is 7.36. The Hall–Kier alpha value is -3.54. The van der Waals surface area contributed by atoms with Crippen LogP contribution in [0.1, 0.15) is 65.7 Å². The summed E-state index contributed by atoms with van der Waals surface area (Å²) in [6.07, 6.45) is 6.46. The van der Waals surface area contributed by atoms with Crippen LogP contribution >= 0.6 is 0 Å². The predicted molar refractivity (Wildman–Crippen MR) is 133 cm³/mol. The molecule has 34 heavy (non-hydrogen) atoms. The molecule has 3 aromatic rings. The fraction of sp³-hybridized carbons (Fsp3) is 0.357. The van der Waals surface area contributed by atoms with Crippen molar-refractivity contribution in [2.75, 3.05) is 7.11 Å². The van der Waals surface area contributed by atoms with E-state index >= 15 is 0 Å². The number of aromatic nitrogens is 1. The number of aryl methyl sites for hydroxylation is 1. The molecule has 2 aromatic carbocycles. The van der Waals surface area contributed by atoms with Crippen LogP contribution in [-0.2, 0) is 6.54 Å². The second-order valence-electron chi connectivity index (χ2n) is 8.97. The van der Waals surface area contributed by atoms with E-state index in [2.05, 4.69) is 5.32 Å². The zero-order chi connectivity index (χ0) is 24.1. The number of carbonyl (C=O) groups excluding carboxylic acids is 1. The van der Waals surface area contributed by atoms with E-state index in [9.17, 15) is 9.59 Å². The molecule has 1 aliphatic carbocycles. The third kappa shape index (κ3) is 5.50. The van der Waals surface area contributed by atoms with Gasteiger partial charge in [-0.2, -0.15) is 0 Å². The van der Waals surface area contributed by atoms with Crippen LogP contribution < -0.4 is 20.3 Å². The third-order valence-corrected chi connectivity index (χ3v) is 6.33. The first-order valence-corrected chi connectivity index (χ1v) is 11.8. The minimum Gasteiger partial charge on any atom is -0.493 e. The molecule has 0 bridgehead atoms. The topological polar surface area (TPSA) is 69.6 Å². The van der Waals surface area contributed by atoms with Gasteiger partial charge in [0.2, 0.25) is 0 Å². The highest BCUT2D eigenvalue weighted by Gasteiger charge is 2.20. The SMILES string of the molecule is COc1cc(C(C)NC(=O)c2cccn(Cc3cccc(C)c3)c2=O)ccc1OC1CCCC1. The Labute approximate surface area is 200 Å². The van der Waals surface area contributed by atoms with Crippen molar-refractivity contribution in [3.8, 4) is 11.5 Å². The first-order chi connectivity index (χ1) is 16.4. The van der Waals surface area contributed by atoms with E-state index in [0.29, 0.717) is 12.3 Å². The number of hydrogen-bond acceptors (Lipinski definition) is 4. The molecule has 1 atom stereocenters. The first-order valence-electron chi connectivity index (χ1n) is 11.8. The van der Waals surface area contributed by atoms with E-state index in [1.54, 1.807) is 30.0 Å². The molecule has 0 spiro atoms. The largest absolute Gasteiger partial charge is 0.493 e. The number of nitrogens with one attached hydrogen (secondary N) is 1. The number of ether oxygens (including phenoxy) is 2. The highest BCUT2D eigenvalue weighted by Crippen LogP contribution is 2.33. The van der Waals surface area contributed by atoms with Gasteiger partial charge in [-0.05, 0) is 74.9 Å². The van der Waals surface area contributed by atoms with Gasteiger partial charge in [0.25, 0.3) is 11.5 Å². The number of amides is 1. The fourth-order valence-corrected chi connectivity index (χ4v) is 4.44. The van der Waals surface area contributed by atoms with Crippen molar-refractivity contribution in [3.05, 3.63) is 93.4 Å². The average molecular weight is 461 g/mol. The van der Waals surface area contributed by atoms with Gasteiger partial charge in [-0.1, -0.05) is 35.9 Å². The molecule has 1 aromatic heterocycles. The van der Waals surface area contributed by atoms with Gasteiger partial charge < -0.3 is 19.4 Å². The van der Waals surface area contributed by atoms with Crippen LogP contribution in [-0.4, -0.2) is 23.7 Å². The number of benzene rings is 2. The van der Waals surface area contributed by atoms with Gasteiger partial charge >= 0.3 is 0 Å². The quantitative estimate of drug-likeness (QED) is 0.512. The maximum atomic E-state index is 13.0. The lowest BCUT2D eigenvalue weighted by Crippen LogP contribution is -2.34. The van der Waals surface area contributed by atoms with Crippen molar-refractivity contribution >= 4 is 5.91 Å². The molecule has 6 nitrogen and oxygen atoms in total. The maximum Gasteiger partial charge on any atom is 0.263 e. The molecule has 0 radical (unpaired) electrons. The molecule has 178 valence electrons. The van der Waals surface area contributed by atoms with Crippen LogP contribution in [0.3, 0.4) is 0 Å². The van der Waals surface area contributed by atoms with Gasteiger partial charge in [0, 0.05) is 6.20 Å². The average Bonchev–Trinajstić information content (AvgIpc) is 3.33. The Morgan fingerprint density at radius 3 is 2.62 bits per heavy atom. The highest BCUT2D eigenvalue weighted by molar-refractivity contribution is 5.94. The van der Waals surface area contributed by atoms with Crippen molar-refractivity contribution in [1.82, 2.24) is 9.88 Å². The zero-order valence-corrected chi connectivity index (χ0v) is 20.0. The Morgan fingerprint density at radius 2 is 1.88 bits per heavy atom. The van der Waals surface area contributed by atoms with Crippen molar-refractivity contribution < 1.29 is 14.3 Å². The summed E-state index contributed by atoms with van der Waals surface area (Å²) < 4.78 is 13.2. The summed E-state index contributed by atoms with van der Waals surface area (Å²) in [6.45, 7) is 4.31. The van der Waals surface area contributed by atoms with E-state index < -0.39 is 5.91 Å². The summed E-state index contributed by atoms with van der Waals surface area (Å²) >= 11 is 0. The van der Waals surface area contributed by atoms with Gasteiger partial charge in [-0.3, -0.25) is 9.59 Å². The second-order valence-corrected chi connectivity index (χ2v) is 8.97. The zero-order valence-electron chi connectivity index (χ0n) is 20.0. The summed E-state index contributed by atoms with van der Waals surface area (Å²) in [5, 5.41) is 2.95. The van der Waals surface area contributed by atoms with Crippen LogP contribution in [0.25, 0.3) is 0 Å². The summed E-state index contributed by atoms with van der Waals surface area (Å²) in [5.41, 5.74) is 2.82. The van der Waals surface area contributed by atoms with Crippen LogP contribution in [0, 0.1) is 6.92 Å². The molecule has 1 fully saturated rings. The summed E-state index contributed by atoms with van der Waals surface area (Å²) in [6, 6.07) is 16.7. The molecule has 1 N–H and O–H groups in total. The van der Waals surface area contributed by atoms with Crippen LogP contribution in [0.2, 0.25) is 0 Å².